The zero-order chi connectivity index (χ0) is 13.5. The van der Waals surface area contributed by atoms with E-state index in [0.29, 0.717) is 0 Å². The van der Waals surface area contributed by atoms with Gasteiger partial charge in [-0.3, -0.25) is 0 Å². The molecule has 102 valence electrons. The predicted molar refractivity (Wildman–Crippen MR) is 77.0 cm³/mol. The van der Waals surface area contributed by atoms with Crippen molar-refractivity contribution in [1.29, 1.82) is 5.26 Å². The number of nitriles is 1. The van der Waals surface area contributed by atoms with Crippen LogP contribution in [-0.2, 0) is 6.42 Å². The number of hydrogen-bond donors (Lipinski definition) is 0. The van der Waals surface area contributed by atoms with Crippen LogP contribution >= 0.6 is 0 Å². The molecule has 1 aliphatic carbocycles. The van der Waals surface area contributed by atoms with Crippen LogP contribution in [0.1, 0.15) is 44.6 Å². The van der Waals surface area contributed by atoms with Crippen molar-refractivity contribution in [2.75, 3.05) is 6.61 Å². The summed E-state index contributed by atoms with van der Waals surface area (Å²) in [5, 5.41) is 8.52. The van der Waals surface area contributed by atoms with Crippen molar-refractivity contribution in [2.45, 2.75) is 45.4 Å². The number of hydrogen-bond acceptors (Lipinski definition) is 2. The van der Waals surface area contributed by atoms with Gasteiger partial charge in [0.05, 0.1) is 0 Å². The molecule has 0 spiro atoms. The van der Waals surface area contributed by atoms with Crippen LogP contribution in [-0.4, -0.2) is 6.61 Å². The number of aryl methyl sites for hydroxylation is 1. The molecule has 0 heterocycles. The third-order valence-electron chi connectivity index (χ3n) is 4.18. The molecular weight excluding hydrogens is 234 g/mol. The van der Waals surface area contributed by atoms with Gasteiger partial charge < -0.3 is 4.74 Å². The van der Waals surface area contributed by atoms with Crippen LogP contribution in [0.25, 0.3) is 0 Å². The highest BCUT2D eigenvalue weighted by atomic mass is 16.5. The lowest BCUT2D eigenvalue weighted by Crippen LogP contribution is -2.12. The van der Waals surface area contributed by atoms with E-state index in [9.17, 15) is 0 Å². The van der Waals surface area contributed by atoms with Gasteiger partial charge >= 0.3 is 0 Å². The Bertz CT molecular complexity index is 427. The Labute approximate surface area is 116 Å². The Morgan fingerprint density at radius 3 is 2.79 bits per heavy atom. The molecule has 2 heteroatoms. The largest absolute Gasteiger partial charge is 0.479 e. The maximum atomic E-state index is 8.52. The van der Waals surface area contributed by atoms with E-state index in [2.05, 4.69) is 19.1 Å². The minimum absolute atomic E-state index is 0.129. The zero-order valence-corrected chi connectivity index (χ0v) is 11.8. The average molecular weight is 257 g/mol. The Morgan fingerprint density at radius 1 is 1.26 bits per heavy atom. The lowest BCUT2D eigenvalue weighted by atomic mass is 9.80. The fraction of sp³-hybridized carbons (Fsp3) is 0.588. The van der Waals surface area contributed by atoms with Gasteiger partial charge in [-0.05, 0) is 42.4 Å². The summed E-state index contributed by atoms with van der Waals surface area (Å²) in [6.07, 6.45) is 8.00. The van der Waals surface area contributed by atoms with Crippen molar-refractivity contribution in [3.63, 3.8) is 0 Å². The van der Waals surface area contributed by atoms with E-state index in [4.69, 9.17) is 10.00 Å². The molecule has 0 saturated heterocycles. The zero-order valence-electron chi connectivity index (χ0n) is 11.8. The molecule has 0 bridgehead atoms. The van der Waals surface area contributed by atoms with E-state index >= 15 is 0 Å². The van der Waals surface area contributed by atoms with Crippen molar-refractivity contribution in [3.05, 3.63) is 29.8 Å². The lowest BCUT2D eigenvalue weighted by molar-refractivity contribution is 0.277. The highest BCUT2D eigenvalue weighted by molar-refractivity contribution is 5.28. The summed E-state index contributed by atoms with van der Waals surface area (Å²) in [5.41, 5.74) is 1.33. The van der Waals surface area contributed by atoms with Crippen molar-refractivity contribution >= 4 is 0 Å². The van der Waals surface area contributed by atoms with Crippen LogP contribution in [0.3, 0.4) is 0 Å². The summed E-state index contributed by atoms with van der Waals surface area (Å²) >= 11 is 0. The van der Waals surface area contributed by atoms with Gasteiger partial charge in [0.1, 0.15) is 11.8 Å². The minimum Gasteiger partial charge on any atom is -0.479 e. The van der Waals surface area contributed by atoms with Crippen molar-refractivity contribution in [1.82, 2.24) is 0 Å². The normalized spacial score (nSPS) is 22.7. The summed E-state index contributed by atoms with van der Waals surface area (Å²) in [5.74, 6) is 2.65. The molecule has 1 saturated carbocycles. The fourth-order valence-electron chi connectivity index (χ4n) is 2.89. The lowest BCUT2D eigenvalue weighted by Gasteiger charge is -2.26. The first kappa shape index (κ1) is 13.9. The maximum Gasteiger partial charge on any atom is 0.174 e. The number of ether oxygens (including phenoxy) is 1. The summed E-state index contributed by atoms with van der Waals surface area (Å²) < 4.78 is 5.34. The molecule has 0 unspecified atom stereocenters. The monoisotopic (exact) mass is 257 g/mol. The topological polar surface area (TPSA) is 33.0 Å². The number of benzene rings is 1. The molecule has 0 aromatic heterocycles. The van der Waals surface area contributed by atoms with E-state index in [1.807, 2.05) is 18.2 Å². The van der Waals surface area contributed by atoms with Crippen LogP contribution in [0.4, 0.5) is 0 Å². The van der Waals surface area contributed by atoms with Gasteiger partial charge in [-0.1, -0.05) is 44.7 Å². The van der Waals surface area contributed by atoms with Crippen molar-refractivity contribution in [2.24, 2.45) is 11.8 Å². The minimum atomic E-state index is 0.129. The third kappa shape index (κ3) is 4.59. The molecule has 19 heavy (non-hydrogen) atoms. The highest BCUT2D eigenvalue weighted by Crippen LogP contribution is 2.31. The predicted octanol–water partition coefficient (Wildman–Crippen LogP) is 4.35. The van der Waals surface area contributed by atoms with E-state index in [-0.39, 0.29) is 6.61 Å². The van der Waals surface area contributed by atoms with Gasteiger partial charge in [-0.2, -0.15) is 5.26 Å². The standard InChI is InChI=1S/C17H23NO/c1-14-5-7-15(8-6-14)9-10-16-3-2-4-17(13-16)19-12-11-18/h2-4,13-15H,5-10,12H2,1H3. The molecule has 1 fully saturated rings. The van der Waals surface area contributed by atoms with E-state index in [1.54, 1.807) is 0 Å². The molecule has 0 atom stereocenters. The molecular formula is C17H23NO. The second kappa shape index (κ2) is 7.19. The number of nitrogens with zero attached hydrogens (tertiary/aromatic N) is 1. The second-order valence-electron chi connectivity index (χ2n) is 5.76. The van der Waals surface area contributed by atoms with Gasteiger partial charge in [0, 0.05) is 0 Å². The summed E-state index contributed by atoms with van der Waals surface area (Å²) in [6.45, 7) is 2.50. The van der Waals surface area contributed by atoms with Crippen LogP contribution in [0.2, 0.25) is 0 Å². The Hall–Kier alpha value is -1.49. The smallest absolute Gasteiger partial charge is 0.174 e. The quantitative estimate of drug-likeness (QED) is 0.785. The first-order valence-corrected chi connectivity index (χ1v) is 7.36. The average Bonchev–Trinajstić information content (AvgIpc) is 2.45. The molecule has 0 radical (unpaired) electrons. The first-order chi connectivity index (χ1) is 9.28. The summed E-state index contributed by atoms with van der Waals surface area (Å²) in [4.78, 5) is 0. The summed E-state index contributed by atoms with van der Waals surface area (Å²) in [6, 6.07) is 10.2. The Kier molecular flexibility index (Phi) is 5.27. The Balaban J connectivity index is 1.80. The van der Waals surface area contributed by atoms with Crippen LogP contribution in [0.5, 0.6) is 5.75 Å². The van der Waals surface area contributed by atoms with Gasteiger partial charge in [0.15, 0.2) is 6.61 Å². The molecule has 1 aromatic carbocycles. The first-order valence-electron chi connectivity index (χ1n) is 7.36. The molecule has 0 N–H and O–H groups in total. The molecule has 0 aliphatic heterocycles. The van der Waals surface area contributed by atoms with Gasteiger partial charge in [0.25, 0.3) is 0 Å². The second-order valence-corrected chi connectivity index (χ2v) is 5.76. The van der Waals surface area contributed by atoms with E-state index in [0.717, 1.165) is 24.0 Å². The van der Waals surface area contributed by atoms with E-state index < -0.39 is 0 Å². The molecule has 2 nitrogen and oxygen atoms in total. The number of rotatable bonds is 5. The molecule has 2 rings (SSSR count). The molecule has 0 amide bonds. The summed E-state index contributed by atoms with van der Waals surface area (Å²) in [7, 11) is 0. The molecule has 1 aromatic rings. The van der Waals surface area contributed by atoms with Gasteiger partial charge in [0.2, 0.25) is 0 Å². The van der Waals surface area contributed by atoms with Gasteiger partial charge in [-0.15, -0.1) is 0 Å². The third-order valence-corrected chi connectivity index (χ3v) is 4.18. The van der Waals surface area contributed by atoms with Crippen LogP contribution in [0, 0.1) is 23.2 Å². The van der Waals surface area contributed by atoms with Crippen molar-refractivity contribution < 1.29 is 4.74 Å². The maximum absolute atomic E-state index is 8.52. The SMILES string of the molecule is CC1CCC(CCc2cccc(OCC#N)c2)CC1. The highest BCUT2D eigenvalue weighted by Gasteiger charge is 2.17. The van der Waals surface area contributed by atoms with Crippen LogP contribution in [0.15, 0.2) is 24.3 Å². The van der Waals surface area contributed by atoms with E-state index in [1.165, 1.54) is 37.7 Å². The molecule has 1 aliphatic rings. The fourth-order valence-corrected chi connectivity index (χ4v) is 2.89. The van der Waals surface area contributed by atoms with Crippen molar-refractivity contribution in [3.8, 4) is 11.8 Å². The van der Waals surface area contributed by atoms with Gasteiger partial charge in [-0.25, -0.2) is 0 Å². The Morgan fingerprint density at radius 2 is 2.05 bits per heavy atom. The van der Waals surface area contributed by atoms with Crippen LogP contribution < -0.4 is 4.74 Å².